The van der Waals surface area contributed by atoms with Crippen LogP contribution in [0.15, 0.2) is 182 Å². The normalized spacial score (nSPS) is 8.85. The van der Waals surface area contributed by atoms with Crippen LogP contribution in [0.4, 0.5) is 0 Å². The van der Waals surface area contributed by atoms with E-state index in [0.29, 0.717) is 0 Å². The van der Waals surface area contributed by atoms with Crippen LogP contribution < -0.4 is 36.0 Å². The van der Waals surface area contributed by atoms with Crippen LogP contribution in [-0.4, -0.2) is 0 Å². The van der Waals surface area contributed by atoms with Crippen LogP contribution in [0.2, 0.25) is 0 Å². The van der Waals surface area contributed by atoms with Gasteiger partial charge in [0.05, 0.1) is 31.8 Å². The van der Waals surface area contributed by atoms with Gasteiger partial charge >= 0.3 is 70.6 Å². The Labute approximate surface area is 320 Å². The maximum Gasteiger partial charge on any atom is 0.301 e. The summed E-state index contributed by atoms with van der Waals surface area (Å²) in [5, 5.41) is 13.8. The van der Waals surface area contributed by atoms with Gasteiger partial charge in [-0.1, -0.05) is 109 Å². The molecule has 0 fully saturated rings. The van der Waals surface area contributed by atoms with Crippen molar-refractivity contribution in [3.8, 4) is 0 Å². The Morgan fingerprint density at radius 2 is 0.404 bits per heavy atom. The van der Waals surface area contributed by atoms with Crippen molar-refractivity contribution in [2.24, 2.45) is 0 Å². The molecule has 0 N–H and O–H groups in total. The van der Waals surface area contributed by atoms with Gasteiger partial charge in [0, 0.05) is 21.1 Å². The fourth-order valence-electron chi connectivity index (χ4n) is 5.27. The molecule has 0 aromatic heterocycles. The topological polar surface area (TPSA) is 137 Å². The summed E-state index contributed by atoms with van der Waals surface area (Å²) in [7, 11) is -4.99. The van der Waals surface area contributed by atoms with E-state index in [1.165, 1.54) is 31.8 Å². The summed E-state index contributed by atoms with van der Waals surface area (Å²) in [5.41, 5.74) is 0. The second-order valence-corrected chi connectivity index (χ2v) is 15.7. The fourth-order valence-corrected chi connectivity index (χ4v) is 14.8. The van der Waals surface area contributed by atoms with Gasteiger partial charge in [-0.05, 0) is 72.8 Å². The van der Waals surface area contributed by atoms with Gasteiger partial charge in [0.15, 0.2) is 0 Å². The van der Waals surface area contributed by atoms with Crippen molar-refractivity contribution in [2.45, 2.75) is 0 Å². The molecule has 52 heavy (non-hydrogen) atoms. The molecule has 10 heteroatoms. The molecule has 0 saturated carbocycles. The van der Waals surface area contributed by atoms with Gasteiger partial charge < -0.3 is 11.8 Å². The van der Waals surface area contributed by atoms with Crippen molar-refractivity contribution in [1.82, 2.24) is 4.17 Å². The standard InChI is InChI=1S/C36H30NP2.CN.5CO.W/c1-7-19-31(20-8-1)38(32-21-9-2-10-22-32,33-23-11-3-12-24-33)37-39(34-25-13-4-14-26-34,35-27-15-5-16-28-35)36-29-17-6-18-30-36;6*1-2;/h1-30H;;;;;;;/q+1;-1;;;;;;. The van der Waals surface area contributed by atoms with E-state index in [0.717, 1.165) is 0 Å². The first-order valence-electron chi connectivity index (χ1n) is 14.4. The smallest absolute Gasteiger partial charge is 0.148 e. The van der Waals surface area contributed by atoms with Crippen LogP contribution in [0.1, 0.15) is 0 Å². The zero-order valence-electron chi connectivity index (χ0n) is 27.6. The summed E-state index contributed by atoms with van der Waals surface area (Å²) in [6.45, 7) is 27.2. The minimum Gasteiger partial charge on any atom is -0.148 e. The zero-order valence-corrected chi connectivity index (χ0v) is 32.3. The average molecular weight is 888 g/mol. The van der Waals surface area contributed by atoms with E-state index >= 15 is 0 Å². The zero-order chi connectivity index (χ0) is 38.4. The predicted octanol–water partition coefficient (Wildman–Crippen LogP) is 6.32. The molecule has 0 bridgehead atoms. The number of hydrogen-bond donors (Lipinski definition) is 0. The van der Waals surface area contributed by atoms with E-state index in [4.69, 9.17) is 39.3 Å². The maximum absolute atomic E-state index is 7.50. The molecule has 0 radical (unpaired) electrons. The summed E-state index contributed by atoms with van der Waals surface area (Å²) in [5.74, 6) is 0. The van der Waals surface area contributed by atoms with E-state index in [9.17, 15) is 0 Å². The largest absolute Gasteiger partial charge is 0.301 e. The van der Waals surface area contributed by atoms with Crippen LogP contribution in [0.25, 0.3) is 0 Å². The van der Waals surface area contributed by atoms with Gasteiger partial charge in [0.2, 0.25) is 0 Å². The Bertz CT molecular complexity index is 1700. The summed E-state index contributed by atoms with van der Waals surface area (Å²) in [4.78, 5) is 0. The van der Waals surface area contributed by atoms with E-state index in [2.05, 4.69) is 215 Å². The first-order valence-corrected chi connectivity index (χ1v) is 17.9. The summed E-state index contributed by atoms with van der Waals surface area (Å²) in [6, 6.07) is 65.7. The van der Waals surface area contributed by atoms with Crippen molar-refractivity contribution < 1.29 is 44.3 Å². The molecule has 7 nitrogen and oxygen atoms in total. The minimum absolute atomic E-state index is 0. The molecule has 0 heterocycles. The van der Waals surface area contributed by atoms with Crippen molar-refractivity contribution in [2.75, 3.05) is 0 Å². The Hall–Kier alpha value is -5.23. The van der Waals surface area contributed by atoms with Gasteiger partial charge in [0.25, 0.3) is 0 Å². The molecule has 0 amide bonds. The summed E-state index contributed by atoms with van der Waals surface area (Å²) >= 11 is 0. The number of nitrogens with zero attached hydrogens (tertiary/aromatic N) is 2. The summed E-state index contributed by atoms with van der Waals surface area (Å²) < 4.78 is 43.9. The Kier molecular flexibility index (Phi) is 27.7. The van der Waals surface area contributed by atoms with Gasteiger partial charge in [0.1, 0.15) is 0 Å². The van der Waals surface area contributed by atoms with E-state index < -0.39 is 14.1 Å². The minimum atomic E-state index is -2.50. The second-order valence-electron chi connectivity index (χ2n) is 9.37. The third-order valence-electron chi connectivity index (χ3n) is 7.05. The molecule has 6 rings (SSSR count). The third-order valence-corrected chi connectivity index (χ3v) is 15.5. The van der Waals surface area contributed by atoms with Gasteiger partial charge in [-0.25, -0.2) is 0 Å². The van der Waals surface area contributed by atoms with E-state index in [1.54, 1.807) is 0 Å². The first-order chi connectivity index (χ1) is 25.3. The molecule has 0 aliphatic carbocycles. The van der Waals surface area contributed by atoms with Crippen molar-refractivity contribution in [3.05, 3.63) is 222 Å². The molecule has 254 valence electrons. The molecular weight excluding hydrogens is 858 g/mol. The Morgan fingerprint density at radius 1 is 0.288 bits per heavy atom. The second kappa shape index (κ2) is 29.5. The van der Waals surface area contributed by atoms with Crippen LogP contribution >= 0.6 is 14.1 Å². The molecule has 0 unspecified atom stereocenters. The number of hydrogen-bond acceptors (Lipinski definition) is 1. The molecule has 0 atom stereocenters. The van der Waals surface area contributed by atoms with Crippen molar-refractivity contribution in [3.63, 3.8) is 0 Å². The SMILES string of the molecule is [C-]#N.[C-]#[O+].[C-]#[O+].[C-]#[O+].[C-]#[O+].[C-]#[O+].[W].c1ccc(P(=[N+]=P(c2ccccc2)(c2ccccc2)c2ccccc2)(c2ccccc2)c2ccccc2)cc1. The van der Waals surface area contributed by atoms with Crippen molar-refractivity contribution in [1.29, 1.82) is 5.26 Å². The van der Waals surface area contributed by atoms with Crippen LogP contribution in [0, 0.1) is 45.1 Å². The maximum atomic E-state index is 7.50. The van der Waals surface area contributed by atoms with E-state index in [-0.39, 0.29) is 21.1 Å². The van der Waals surface area contributed by atoms with Gasteiger partial charge in [-0.3, -0.25) is 0 Å². The fraction of sp³-hybridized carbons (Fsp3) is 0. The monoisotopic (exact) mass is 888 g/mol. The third kappa shape index (κ3) is 11.9. The molecule has 6 aromatic carbocycles. The molecule has 0 spiro atoms. The van der Waals surface area contributed by atoms with Crippen LogP contribution in [-0.2, 0) is 44.3 Å². The molecule has 0 saturated heterocycles. The van der Waals surface area contributed by atoms with Gasteiger partial charge in [-0.2, -0.15) is 0 Å². The first kappa shape index (κ1) is 48.9. The average Bonchev–Trinajstić information content (AvgIpc) is 3.28. The van der Waals surface area contributed by atoms with E-state index in [1.807, 2.05) is 0 Å². The number of benzene rings is 6. The van der Waals surface area contributed by atoms with Crippen LogP contribution in [0.5, 0.6) is 0 Å². The predicted molar refractivity (Wildman–Crippen MR) is 197 cm³/mol. The molecule has 0 aliphatic rings. The molecule has 0 aliphatic heterocycles. The van der Waals surface area contributed by atoms with Crippen LogP contribution in [0.3, 0.4) is 0 Å². The summed E-state index contributed by atoms with van der Waals surface area (Å²) in [6.07, 6.45) is 0. The molecular formula is C42H30N2O5P2W. The quantitative estimate of drug-likeness (QED) is 0.0824. The van der Waals surface area contributed by atoms with Crippen molar-refractivity contribution >= 4 is 45.9 Å². The number of rotatable bonds is 6. The molecule has 6 aromatic rings. The van der Waals surface area contributed by atoms with Gasteiger partial charge in [-0.15, -0.1) is 4.17 Å². The Morgan fingerprint density at radius 3 is 0.519 bits per heavy atom. The Balaban J connectivity index is 0.